The third kappa shape index (κ3) is 8.17. The highest BCUT2D eigenvalue weighted by atomic mass is 17.1. The summed E-state index contributed by atoms with van der Waals surface area (Å²) in [7, 11) is 1.44. The Morgan fingerprint density at radius 2 is 1.96 bits per heavy atom. The van der Waals surface area contributed by atoms with E-state index in [4.69, 9.17) is 19.9 Å². The van der Waals surface area contributed by atoms with Crippen LogP contribution >= 0.6 is 0 Å². The summed E-state index contributed by atoms with van der Waals surface area (Å²) in [5.74, 6) is -0.112. The van der Waals surface area contributed by atoms with Crippen molar-refractivity contribution in [3.05, 3.63) is 29.8 Å². The summed E-state index contributed by atoms with van der Waals surface area (Å²) in [5, 5.41) is 25.7. The van der Waals surface area contributed by atoms with Gasteiger partial charge in [0.25, 0.3) is 0 Å². The minimum atomic E-state index is -0.467. The summed E-state index contributed by atoms with van der Waals surface area (Å²) < 4.78 is 9.99. The second-order valence-corrected chi connectivity index (χ2v) is 4.58. The lowest BCUT2D eigenvalue weighted by atomic mass is 10.2. The molecule has 0 aliphatic carbocycles. The number of rotatable bonds is 10. The van der Waals surface area contributed by atoms with Crippen LogP contribution in [0.25, 0.3) is 6.08 Å². The van der Waals surface area contributed by atoms with Gasteiger partial charge in [-0.3, -0.25) is 15.3 Å². The molecule has 0 unspecified atom stereocenters. The average Bonchev–Trinajstić information content (AvgIpc) is 2.52. The first kappa shape index (κ1) is 18.9. The van der Waals surface area contributed by atoms with E-state index < -0.39 is 5.97 Å². The lowest BCUT2D eigenvalue weighted by molar-refractivity contribution is -0.492. The molecule has 1 aromatic carbocycles. The van der Waals surface area contributed by atoms with Crippen LogP contribution in [0.4, 0.5) is 0 Å². The third-order valence-corrected chi connectivity index (χ3v) is 2.86. The van der Waals surface area contributed by atoms with E-state index in [0.29, 0.717) is 24.2 Å². The maximum atomic E-state index is 11.5. The van der Waals surface area contributed by atoms with E-state index in [9.17, 15) is 9.90 Å². The molecule has 0 heterocycles. The summed E-state index contributed by atoms with van der Waals surface area (Å²) in [6, 6.07) is 4.73. The fourth-order valence-electron chi connectivity index (χ4n) is 1.71. The number of methoxy groups -OCH3 is 1. The number of esters is 1. The van der Waals surface area contributed by atoms with Crippen LogP contribution in [0.5, 0.6) is 11.5 Å². The van der Waals surface area contributed by atoms with Crippen LogP contribution in [0.1, 0.15) is 24.8 Å². The highest BCUT2D eigenvalue weighted by Crippen LogP contribution is 2.26. The highest BCUT2D eigenvalue weighted by Gasteiger charge is 2.02. The Labute approximate surface area is 134 Å². The van der Waals surface area contributed by atoms with E-state index in [-0.39, 0.29) is 24.4 Å². The second kappa shape index (κ2) is 10.6. The lowest BCUT2D eigenvalue weighted by Gasteiger charge is -2.06. The number of phenols is 1. The Morgan fingerprint density at radius 3 is 2.65 bits per heavy atom. The number of nitrogens with zero attached hydrogens (tertiary/aromatic N) is 1. The van der Waals surface area contributed by atoms with Gasteiger partial charge in [0.1, 0.15) is 0 Å². The van der Waals surface area contributed by atoms with Crippen molar-refractivity contribution in [3.8, 4) is 11.5 Å². The van der Waals surface area contributed by atoms with Gasteiger partial charge in [-0.1, -0.05) is 6.07 Å². The second-order valence-electron chi connectivity index (χ2n) is 4.58. The summed E-state index contributed by atoms with van der Waals surface area (Å²) in [6.07, 6.45) is 4.84. The Morgan fingerprint density at radius 1 is 1.22 bits per heavy atom. The highest BCUT2D eigenvalue weighted by molar-refractivity contribution is 5.87. The first-order valence-electron chi connectivity index (χ1n) is 7.05. The van der Waals surface area contributed by atoms with Gasteiger partial charge >= 0.3 is 5.97 Å². The molecule has 0 bridgehead atoms. The van der Waals surface area contributed by atoms with Crippen molar-refractivity contribution in [3.63, 3.8) is 0 Å². The molecule has 0 aliphatic rings. The molecule has 0 atom stereocenters. The van der Waals surface area contributed by atoms with Crippen molar-refractivity contribution in [1.82, 2.24) is 5.39 Å². The van der Waals surface area contributed by atoms with Crippen LogP contribution in [0.2, 0.25) is 0 Å². The van der Waals surface area contributed by atoms with E-state index >= 15 is 0 Å². The number of unbranched alkanes of at least 4 members (excludes halogenated alkanes) is 2. The molecular formula is C15H21NO7. The maximum Gasteiger partial charge on any atom is 0.330 e. The van der Waals surface area contributed by atoms with Gasteiger partial charge in [-0.25, -0.2) is 4.79 Å². The Bertz CT molecular complexity index is 517. The minimum Gasteiger partial charge on any atom is -0.504 e. The van der Waals surface area contributed by atoms with Gasteiger partial charge in [0.05, 0.1) is 25.7 Å². The normalized spacial score (nSPS) is 11.1. The molecule has 0 aromatic heterocycles. The number of hydrogen-bond donors (Lipinski definition) is 3. The molecule has 8 nitrogen and oxygen atoms in total. The summed E-state index contributed by atoms with van der Waals surface area (Å²) in [4.78, 5) is 15.9. The first-order chi connectivity index (χ1) is 11.0. The molecule has 128 valence electrons. The summed E-state index contributed by atoms with van der Waals surface area (Å²) >= 11 is 0. The van der Waals surface area contributed by atoms with Crippen molar-refractivity contribution >= 4 is 12.0 Å². The average molecular weight is 327 g/mol. The monoisotopic (exact) mass is 327 g/mol. The van der Waals surface area contributed by atoms with Gasteiger partial charge in [-0.15, -0.1) is 0 Å². The molecule has 0 amide bonds. The summed E-state index contributed by atoms with van der Waals surface area (Å²) in [6.45, 7) is 0.438. The van der Waals surface area contributed by atoms with E-state index in [1.165, 1.54) is 19.3 Å². The van der Waals surface area contributed by atoms with Crippen molar-refractivity contribution in [2.75, 3.05) is 20.3 Å². The van der Waals surface area contributed by atoms with Crippen molar-refractivity contribution < 1.29 is 34.6 Å². The fourth-order valence-corrected chi connectivity index (χ4v) is 1.71. The van der Waals surface area contributed by atoms with Crippen molar-refractivity contribution in [2.45, 2.75) is 19.3 Å². The molecule has 8 heteroatoms. The molecule has 0 saturated carbocycles. The zero-order valence-corrected chi connectivity index (χ0v) is 12.8. The van der Waals surface area contributed by atoms with Crippen LogP contribution in [-0.2, 0) is 14.4 Å². The Hall–Kier alpha value is -2.13. The van der Waals surface area contributed by atoms with Gasteiger partial charge in [0.15, 0.2) is 11.5 Å². The van der Waals surface area contributed by atoms with Gasteiger partial charge in [-0.05, 0) is 43.0 Å². The number of benzene rings is 1. The first-order valence-corrected chi connectivity index (χ1v) is 7.05. The molecule has 1 rings (SSSR count). The molecule has 23 heavy (non-hydrogen) atoms. The van der Waals surface area contributed by atoms with E-state index in [1.807, 2.05) is 0 Å². The number of ether oxygens (including phenoxy) is 2. The Kier molecular flexibility index (Phi) is 8.70. The molecule has 0 aliphatic heterocycles. The van der Waals surface area contributed by atoms with Gasteiger partial charge in [-0.2, -0.15) is 0 Å². The number of carbonyl (C=O) groups is 1. The van der Waals surface area contributed by atoms with Gasteiger partial charge in [0.2, 0.25) is 0 Å². The van der Waals surface area contributed by atoms with Crippen LogP contribution in [0.3, 0.4) is 0 Å². The van der Waals surface area contributed by atoms with E-state index in [2.05, 4.69) is 4.84 Å². The fraction of sp³-hybridized carbons (Fsp3) is 0.400. The predicted octanol–water partition coefficient (Wildman–Crippen LogP) is 2.14. The smallest absolute Gasteiger partial charge is 0.330 e. The Balaban J connectivity index is 2.23. The predicted molar refractivity (Wildman–Crippen MR) is 79.9 cm³/mol. The van der Waals surface area contributed by atoms with Crippen LogP contribution in [-0.4, -0.2) is 47.2 Å². The number of aromatic hydroxyl groups is 1. The van der Waals surface area contributed by atoms with Crippen LogP contribution in [0, 0.1) is 0 Å². The molecule has 0 radical (unpaired) electrons. The number of phenolic OH excluding ortho intramolecular Hbond substituents is 1. The summed E-state index contributed by atoms with van der Waals surface area (Å²) in [5.41, 5.74) is 0.700. The molecule has 0 spiro atoms. The molecule has 1 aromatic rings. The standard InChI is InChI=1S/C15H21NO7/c1-21-14-11-12(5-7-13(14)17)6-8-15(18)22-9-3-2-4-10-23-16(19)20/h5-8,11,17,19-20H,2-4,9-10H2,1H3/b8-6+. The van der Waals surface area contributed by atoms with E-state index in [0.717, 1.165) is 6.42 Å². The number of hydrogen-bond acceptors (Lipinski definition) is 8. The van der Waals surface area contributed by atoms with Crippen molar-refractivity contribution in [1.29, 1.82) is 0 Å². The zero-order valence-electron chi connectivity index (χ0n) is 12.8. The third-order valence-electron chi connectivity index (χ3n) is 2.86. The maximum absolute atomic E-state index is 11.5. The van der Waals surface area contributed by atoms with Crippen LogP contribution in [0.15, 0.2) is 24.3 Å². The van der Waals surface area contributed by atoms with Gasteiger partial charge < -0.3 is 14.6 Å². The minimum absolute atomic E-state index is 0.0294. The molecular weight excluding hydrogens is 306 g/mol. The molecule has 0 saturated heterocycles. The largest absolute Gasteiger partial charge is 0.504 e. The SMILES string of the molecule is COc1cc(/C=C/C(=O)OCCCCCON(O)O)ccc1O. The lowest BCUT2D eigenvalue weighted by Crippen LogP contribution is -2.15. The molecule has 0 fully saturated rings. The zero-order chi connectivity index (χ0) is 17.1. The van der Waals surface area contributed by atoms with E-state index in [1.54, 1.807) is 18.2 Å². The molecule has 3 N–H and O–H groups in total. The number of carbonyl (C=O) groups excluding carboxylic acids is 1. The quantitative estimate of drug-likeness (QED) is 0.259. The van der Waals surface area contributed by atoms with Gasteiger partial charge in [0, 0.05) is 6.08 Å². The van der Waals surface area contributed by atoms with Crippen LogP contribution < -0.4 is 4.74 Å². The topological polar surface area (TPSA) is 109 Å². The van der Waals surface area contributed by atoms with Crippen molar-refractivity contribution in [2.24, 2.45) is 0 Å².